The fraction of sp³-hybridized carbons (Fsp3) is 0.267. The number of rotatable bonds is 5. The van der Waals surface area contributed by atoms with Gasteiger partial charge in [-0.2, -0.15) is 5.10 Å². The molecule has 3 N–H and O–H groups in total. The molecule has 1 heterocycles. The molecule has 1 fully saturated rings. The lowest BCUT2D eigenvalue weighted by molar-refractivity contribution is -0.119. The van der Waals surface area contributed by atoms with E-state index >= 15 is 0 Å². The molecule has 1 aromatic heterocycles. The Morgan fingerprint density at radius 2 is 2.27 bits per heavy atom. The smallest absolute Gasteiger partial charge is 0.239 e. The normalized spacial score (nSPS) is 19.7. The van der Waals surface area contributed by atoms with Crippen molar-refractivity contribution in [2.24, 2.45) is 11.7 Å². The van der Waals surface area contributed by atoms with E-state index in [9.17, 15) is 9.59 Å². The Morgan fingerprint density at radius 1 is 1.45 bits per heavy atom. The molecule has 3 rings (SSSR count). The topological polar surface area (TPSA) is 90.0 Å². The molecular formula is C15H15ClN4O2. The predicted molar refractivity (Wildman–Crippen MR) is 82.4 cm³/mol. The number of hydrogen-bond donors (Lipinski definition) is 2. The monoisotopic (exact) mass is 318 g/mol. The van der Waals surface area contributed by atoms with E-state index in [0.717, 1.165) is 12.0 Å². The van der Waals surface area contributed by atoms with Crippen molar-refractivity contribution < 1.29 is 9.59 Å². The molecule has 7 heteroatoms. The third-order valence-electron chi connectivity index (χ3n) is 3.62. The van der Waals surface area contributed by atoms with Crippen molar-refractivity contribution >= 4 is 29.1 Å². The number of halogens is 1. The van der Waals surface area contributed by atoms with Gasteiger partial charge in [0.15, 0.2) is 0 Å². The van der Waals surface area contributed by atoms with E-state index in [1.165, 1.54) is 10.9 Å². The Balaban J connectivity index is 1.59. The summed E-state index contributed by atoms with van der Waals surface area (Å²) in [6.45, 7) is -0.00949. The highest BCUT2D eigenvalue weighted by Gasteiger charge is 2.44. The third-order valence-corrected chi connectivity index (χ3v) is 3.86. The number of hydrogen-bond acceptors (Lipinski definition) is 3. The Hall–Kier alpha value is -2.34. The third kappa shape index (κ3) is 3.28. The fourth-order valence-corrected chi connectivity index (χ4v) is 2.70. The van der Waals surface area contributed by atoms with Gasteiger partial charge >= 0.3 is 0 Å². The highest BCUT2D eigenvalue weighted by atomic mass is 35.5. The lowest BCUT2D eigenvalue weighted by atomic mass is 10.1. The van der Waals surface area contributed by atoms with Gasteiger partial charge in [0.1, 0.15) is 6.54 Å². The number of carbonyl (C=O) groups is 2. The minimum atomic E-state index is -0.482. The van der Waals surface area contributed by atoms with Gasteiger partial charge in [0.25, 0.3) is 0 Å². The van der Waals surface area contributed by atoms with Gasteiger partial charge in [-0.25, -0.2) is 0 Å². The number of nitrogens with one attached hydrogen (secondary N) is 1. The molecule has 2 aromatic rings. The molecular weight excluding hydrogens is 304 g/mol. The number of primary amides is 1. The van der Waals surface area contributed by atoms with Crippen molar-refractivity contribution in [2.75, 3.05) is 5.32 Å². The second-order valence-electron chi connectivity index (χ2n) is 5.39. The molecule has 22 heavy (non-hydrogen) atoms. The summed E-state index contributed by atoms with van der Waals surface area (Å²) in [4.78, 5) is 23.0. The molecule has 1 aromatic carbocycles. The van der Waals surface area contributed by atoms with Crippen LogP contribution < -0.4 is 11.1 Å². The summed E-state index contributed by atoms with van der Waals surface area (Å²) in [5, 5.41) is 7.44. The van der Waals surface area contributed by atoms with Crippen LogP contribution >= 0.6 is 11.6 Å². The largest absolute Gasteiger partial charge is 0.368 e. The highest BCUT2D eigenvalue weighted by molar-refractivity contribution is 6.30. The first-order chi connectivity index (χ1) is 10.5. The maximum atomic E-state index is 12.2. The molecule has 1 aliphatic carbocycles. The Labute approximate surface area is 132 Å². The van der Waals surface area contributed by atoms with Crippen molar-refractivity contribution in [2.45, 2.75) is 18.9 Å². The predicted octanol–water partition coefficient (Wildman–Crippen LogP) is 1.76. The van der Waals surface area contributed by atoms with Crippen LogP contribution in [-0.4, -0.2) is 21.6 Å². The highest BCUT2D eigenvalue weighted by Crippen LogP contribution is 2.48. The minimum Gasteiger partial charge on any atom is -0.368 e. The van der Waals surface area contributed by atoms with Gasteiger partial charge in [-0.3, -0.25) is 14.3 Å². The van der Waals surface area contributed by atoms with Gasteiger partial charge in [-0.1, -0.05) is 23.7 Å². The van der Waals surface area contributed by atoms with Crippen molar-refractivity contribution in [3.63, 3.8) is 0 Å². The molecule has 0 bridgehead atoms. The standard InChI is InChI=1S/C15H15ClN4O2/c16-10-3-1-2-9(4-10)12-5-13(12)15(22)19-11-6-18-20(7-11)8-14(17)21/h1-4,6-7,12-13H,5,8H2,(H2,17,21)(H,19,22)/t12-,13+/m0/s1. The SMILES string of the molecule is NC(=O)Cn1cc(NC(=O)[C@@H]2C[C@H]2c2cccc(Cl)c2)cn1. The van der Waals surface area contributed by atoms with Crippen LogP contribution in [0, 0.1) is 5.92 Å². The number of benzene rings is 1. The number of nitrogens with two attached hydrogens (primary N) is 1. The molecule has 1 aliphatic rings. The van der Waals surface area contributed by atoms with Crippen molar-refractivity contribution in [1.82, 2.24) is 9.78 Å². The van der Waals surface area contributed by atoms with Crippen LogP contribution in [-0.2, 0) is 16.1 Å². The zero-order chi connectivity index (χ0) is 15.7. The Morgan fingerprint density at radius 3 is 3.00 bits per heavy atom. The lowest BCUT2D eigenvalue weighted by Crippen LogP contribution is -2.19. The first-order valence-electron chi connectivity index (χ1n) is 6.90. The summed E-state index contributed by atoms with van der Waals surface area (Å²) >= 11 is 5.97. The molecule has 0 saturated heterocycles. The Bertz CT molecular complexity index is 728. The molecule has 0 unspecified atom stereocenters. The summed E-state index contributed by atoms with van der Waals surface area (Å²) in [6.07, 6.45) is 3.89. The Kier molecular flexibility index (Phi) is 3.85. The van der Waals surface area contributed by atoms with Gasteiger partial charge in [-0.05, 0) is 30.0 Å². The summed E-state index contributed by atoms with van der Waals surface area (Å²) in [7, 11) is 0. The number of carbonyl (C=O) groups excluding carboxylic acids is 2. The summed E-state index contributed by atoms with van der Waals surface area (Å²) < 4.78 is 1.39. The maximum absolute atomic E-state index is 12.2. The second-order valence-corrected chi connectivity index (χ2v) is 5.82. The number of nitrogens with zero attached hydrogens (tertiary/aromatic N) is 2. The van der Waals surface area contributed by atoms with Crippen molar-refractivity contribution in [3.8, 4) is 0 Å². The average Bonchev–Trinajstić information content (AvgIpc) is 3.15. The van der Waals surface area contributed by atoms with Crippen LogP contribution in [0.3, 0.4) is 0 Å². The van der Waals surface area contributed by atoms with Crippen LogP contribution in [0.5, 0.6) is 0 Å². The van der Waals surface area contributed by atoms with Gasteiger partial charge in [0.2, 0.25) is 11.8 Å². The van der Waals surface area contributed by atoms with Crippen LogP contribution in [0.1, 0.15) is 17.9 Å². The minimum absolute atomic E-state index is 0.00949. The quantitative estimate of drug-likeness (QED) is 0.880. The van der Waals surface area contributed by atoms with E-state index in [4.69, 9.17) is 17.3 Å². The van der Waals surface area contributed by atoms with E-state index in [2.05, 4.69) is 10.4 Å². The van der Waals surface area contributed by atoms with E-state index in [-0.39, 0.29) is 24.3 Å². The van der Waals surface area contributed by atoms with Gasteiger partial charge in [0.05, 0.1) is 11.9 Å². The van der Waals surface area contributed by atoms with Crippen LogP contribution in [0.25, 0.3) is 0 Å². The number of aromatic nitrogens is 2. The number of amides is 2. The van der Waals surface area contributed by atoms with E-state index in [1.807, 2.05) is 24.3 Å². The first-order valence-corrected chi connectivity index (χ1v) is 7.28. The second kappa shape index (κ2) is 5.81. The van der Waals surface area contributed by atoms with E-state index in [1.54, 1.807) is 6.20 Å². The van der Waals surface area contributed by atoms with Crippen LogP contribution in [0.4, 0.5) is 5.69 Å². The maximum Gasteiger partial charge on any atom is 0.239 e. The molecule has 0 spiro atoms. The van der Waals surface area contributed by atoms with Crippen molar-refractivity contribution in [1.29, 1.82) is 0 Å². The van der Waals surface area contributed by atoms with Gasteiger partial charge in [0, 0.05) is 17.1 Å². The molecule has 114 valence electrons. The summed E-state index contributed by atoms with van der Waals surface area (Å²) in [6, 6.07) is 7.58. The summed E-state index contributed by atoms with van der Waals surface area (Å²) in [5.74, 6) is -0.384. The van der Waals surface area contributed by atoms with Crippen LogP contribution in [0.2, 0.25) is 5.02 Å². The van der Waals surface area contributed by atoms with Gasteiger partial charge < -0.3 is 11.1 Å². The molecule has 2 atom stereocenters. The summed E-state index contributed by atoms with van der Waals surface area (Å²) in [5.41, 5.74) is 6.73. The molecule has 6 nitrogen and oxygen atoms in total. The molecule has 2 amide bonds. The number of anilines is 1. The zero-order valence-electron chi connectivity index (χ0n) is 11.7. The van der Waals surface area contributed by atoms with Crippen molar-refractivity contribution in [3.05, 3.63) is 47.2 Å². The average molecular weight is 319 g/mol. The molecule has 0 radical (unpaired) electrons. The zero-order valence-corrected chi connectivity index (χ0v) is 12.5. The fourth-order valence-electron chi connectivity index (χ4n) is 2.50. The first kappa shape index (κ1) is 14.6. The lowest BCUT2D eigenvalue weighted by Gasteiger charge is -2.03. The molecule has 1 saturated carbocycles. The van der Waals surface area contributed by atoms with E-state index < -0.39 is 5.91 Å². The van der Waals surface area contributed by atoms with E-state index in [0.29, 0.717) is 10.7 Å². The van der Waals surface area contributed by atoms with Gasteiger partial charge in [-0.15, -0.1) is 0 Å². The van der Waals surface area contributed by atoms with Crippen LogP contribution in [0.15, 0.2) is 36.7 Å². The molecule has 0 aliphatic heterocycles.